The molecule has 3 N–H and O–H groups in total. The zero-order valence-electron chi connectivity index (χ0n) is 8.88. The Hall–Kier alpha value is -2.02. The lowest BCUT2D eigenvalue weighted by atomic mass is 10.2. The van der Waals surface area contributed by atoms with Crippen LogP contribution in [0.2, 0.25) is 0 Å². The number of aromatic carboxylic acids is 1. The van der Waals surface area contributed by atoms with Gasteiger partial charge in [0.25, 0.3) is 5.22 Å². The summed E-state index contributed by atoms with van der Waals surface area (Å²) < 4.78 is 5.17. The van der Waals surface area contributed by atoms with Crippen LogP contribution in [0.25, 0.3) is 0 Å². The normalized spacial score (nSPS) is 10.4. The van der Waals surface area contributed by atoms with Gasteiger partial charge in [0.15, 0.2) is 0 Å². The lowest BCUT2D eigenvalue weighted by Crippen LogP contribution is -1.99. The van der Waals surface area contributed by atoms with E-state index in [2.05, 4.69) is 10.2 Å². The Morgan fingerprint density at radius 1 is 1.47 bits per heavy atom. The second-order valence-corrected chi connectivity index (χ2v) is 4.24. The van der Waals surface area contributed by atoms with Gasteiger partial charge < -0.3 is 15.3 Å². The minimum Gasteiger partial charge on any atom is -0.478 e. The molecule has 0 saturated heterocycles. The van der Waals surface area contributed by atoms with E-state index < -0.39 is 5.97 Å². The number of anilines is 1. The van der Waals surface area contributed by atoms with Crippen molar-refractivity contribution < 1.29 is 14.3 Å². The van der Waals surface area contributed by atoms with Crippen LogP contribution in [0.15, 0.2) is 32.7 Å². The van der Waals surface area contributed by atoms with Gasteiger partial charge in [-0.2, -0.15) is 0 Å². The number of nitrogen functional groups attached to an aromatic ring is 1. The van der Waals surface area contributed by atoms with Gasteiger partial charge in [-0.25, -0.2) is 4.79 Å². The molecule has 17 heavy (non-hydrogen) atoms. The SMILES string of the molecule is Cc1nnc(Sc2cc(N)ccc2C(=O)O)o1. The molecule has 0 bridgehead atoms. The molecule has 0 spiro atoms. The maximum Gasteiger partial charge on any atom is 0.336 e. The number of carboxylic acids is 1. The van der Waals surface area contributed by atoms with Crippen molar-refractivity contribution in [3.63, 3.8) is 0 Å². The van der Waals surface area contributed by atoms with Gasteiger partial charge in [-0.05, 0) is 30.0 Å². The van der Waals surface area contributed by atoms with Gasteiger partial charge >= 0.3 is 5.97 Å². The van der Waals surface area contributed by atoms with Crippen molar-refractivity contribution in [2.45, 2.75) is 17.0 Å². The molecule has 0 aliphatic heterocycles. The average molecular weight is 251 g/mol. The van der Waals surface area contributed by atoms with E-state index in [9.17, 15) is 4.79 Å². The molecule has 88 valence electrons. The summed E-state index contributed by atoms with van der Waals surface area (Å²) >= 11 is 1.08. The molecule has 7 heteroatoms. The van der Waals surface area contributed by atoms with E-state index in [1.54, 1.807) is 13.0 Å². The monoisotopic (exact) mass is 251 g/mol. The zero-order valence-corrected chi connectivity index (χ0v) is 9.69. The average Bonchev–Trinajstić information content (AvgIpc) is 2.63. The molecule has 0 fully saturated rings. The molecule has 1 heterocycles. The molecule has 2 aromatic rings. The summed E-state index contributed by atoms with van der Waals surface area (Å²) in [6.45, 7) is 1.66. The Bertz CT molecular complexity index is 568. The maximum atomic E-state index is 11.0. The summed E-state index contributed by atoms with van der Waals surface area (Å²) in [5, 5.41) is 16.8. The van der Waals surface area contributed by atoms with Crippen LogP contribution in [0.1, 0.15) is 16.2 Å². The van der Waals surface area contributed by atoms with E-state index in [1.165, 1.54) is 12.1 Å². The molecular weight excluding hydrogens is 242 g/mol. The van der Waals surface area contributed by atoms with Crippen LogP contribution in [-0.2, 0) is 0 Å². The smallest absolute Gasteiger partial charge is 0.336 e. The molecule has 0 atom stereocenters. The van der Waals surface area contributed by atoms with E-state index in [4.69, 9.17) is 15.3 Å². The Labute approximate surface area is 101 Å². The summed E-state index contributed by atoms with van der Waals surface area (Å²) in [6.07, 6.45) is 0. The van der Waals surface area contributed by atoms with Crippen LogP contribution >= 0.6 is 11.8 Å². The molecule has 0 unspecified atom stereocenters. The molecule has 1 aromatic carbocycles. The zero-order chi connectivity index (χ0) is 12.4. The van der Waals surface area contributed by atoms with Crippen molar-refractivity contribution in [1.29, 1.82) is 0 Å². The fourth-order valence-electron chi connectivity index (χ4n) is 1.21. The quantitative estimate of drug-likeness (QED) is 0.802. The van der Waals surface area contributed by atoms with Gasteiger partial charge in [-0.3, -0.25) is 0 Å². The van der Waals surface area contributed by atoms with Crippen molar-refractivity contribution in [2.75, 3.05) is 5.73 Å². The fourth-order valence-corrected chi connectivity index (χ4v) is 2.11. The van der Waals surface area contributed by atoms with Crippen LogP contribution in [0.3, 0.4) is 0 Å². The number of nitrogens with zero attached hydrogens (tertiary/aromatic N) is 2. The maximum absolute atomic E-state index is 11.0. The number of rotatable bonds is 3. The molecule has 6 nitrogen and oxygen atoms in total. The molecule has 0 aliphatic rings. The van der Waals surface area contributed by atoms with Crippen LogP contribution in [0.4, 0.5) is 5.69 Å². The van der Waals surface area contributed by atoms with E-state index in [0.29, 0.717) is 16.5 Å². The number of aryl methyl sites for hydroxylation is 1. The minimum atomic E-state index is -1.02. The Morgan fingerprint density at radius 3 is 2.82 bits per heavy atom. The van der Waals surface area contributed by atoms with Crippen LogP contribution < -0.4 is 5.73 Å². The number of carbonyl (C=O) groups is 1. The van der Waals surface area contributed by atoms with Crippen molar-refractivity contribution in [3.05, 3.63) is 29.7 Å². The summed E-state index contributed by atoms with van der Waals surface area (Å²) in [5.74, 6) is -0.600. The summed E-state index contributed by atoms with van der Waals surface area (Å²) in [6, 6.07) is 4.55. The fraction of sp³-hybridized carbons (Fsp3) is 0.100. The highest BCUT2D eigenvalue weighted by Crippen LogP contribution is 2.31. The first-order chi connectivity index (χ1) is 8.06. The lowest BCUT2D eigenvalue weighted by molar-refractivity contribution is 0.0693. The summed E-state index contributed by atoms with van der Waals surface area (Å²) in [4.78, 5) is 11.5. The number of carboxylic acid groups (broad SMARTS) is 1. The molecular formula is C10H9N3O3S. The van der Waals surface area contributed by atoms with Crippen molar-refractivity contribution in [2.24, 2.45) is 0 Å². The minimum absolute atomic E-state index is 0.153. The van der Waals surface area contributed by atoms with Crippen molar-refractivity contribution in [3.8, 4) is 0 Å². The molecule has 0 aliphatic carbocycles. The topological polar surface area (TPSA) is 102 Å². The number of benzene rings is 1. The van der Waals surface area contributed by atoms with Crippen LogP contribution in [0, 0.1) is 6.92 Å². The van der Waals surface area contributed by atoms with Gasteiger partial charge in [0.2, 0.25) is 5.89 Å². The van der Waals surface area contributed by atoms with Gasteiger partial charge in [-0.1, -0.05) is 0 Å². The lowest BCUT2D eigenvalue weighted by Gasteiger charge is -2.03. The third kappa shape index (κ3) is 2.56. The van der Waals surface area contributed by atoms with Gasteiger partial charge in [0.05, 0.1) is 5.56 Å². The molecule has 0 amide bonds. The van der Waals surface area contributed by atoms with E-state index in [-0.39, 0.29) is 10.8 Å². The van der Waals surface area contributed by atoms with E-state index >= 15 is 0 Å². The number of nitrogens with two attached hydrogens (primary N) is 1. The summed E-state index contributed by atoms with van der Waals surface area (Å²) in [5.41, 5.74) is 6.25. The highest BCUT2D eigenvalue weighted by atomic mass is 32.2. The van der Waals surface area contributed by atoms with Crippen molar-refractivity contribution >= 4 is 23.4 Å². The molecule has 0 radical (unpaired) electrons. The Kier molecular flexibility index (Phi) is 3.01. The van der Waals surface area contributed by atoms with Gasteiger partial charge in [0.1, 0.15) is 0 Å². The Morgan fingerprint density at radius 2 is 2.24 bits per heavy atom. The third-order valence-electron chi connectivity index (χ3n) is 1.94. The molecule has 2 rings (SSSR count). The predicted molar refractivity (Wildman–Crippen MR) is 61.0 cm³/mol. The summed E-state index contributed by atoms with van der Waals surface area (Å²) in [7, 11) is 0. The number of hydrogen-bond acceptors (Lipinski definition) is 6. The number of hydrogen-bond donors (Lipinski definition) is 2. The standard InChI is InChI=1S/C10H9N3O3S/c1-5-12-13-10(16-5)17-8-4-6(11)2-3-7(8)9(14)15/h2-4H,11H2,1H3,(H,14,15). The van der Waals surface area contributed by atoms with Gasteiger partial charge in [0, 0.05) is 17.5 Å². The predicted octanol–water partition coefficient (Wildman–Crippen LogP) is 1.81. The molecule has 1 aromatic heterocycles. The van der Waals surface area contributed by atoms with Crippen molar-refractivity contribution in [1.82, 2.24) is 10.2 Å². The van der Waals surface area contributed by atoms with Crippen LogP contribution in [0.5, 0.6) is 0 Å². The molecule has 0 saturated carbocycles. The second-order valence-electron chi connectivity index (χ2n) is 3.25. The number of aromatic nitrogens is 2. The first-order valence-electron chi connectivity index (χ1n) is 4.67. The second kappa shape index (κ2) is 4.46. The van der Waals surface area contributed by atoms with E-state index in [1.807, 2.05) is 0 Å². The highest BCUT2D eigenvalue weighted by molar-refractivity contribution is 7.99. The van der Waals surface area contributed by atoms with Crippen LogP contribution in [-0.4, -0.2) is 21.3 Å². The Balaban J connectivity index is 2.37. The first kappa shape index (κ1) is 11.5. The third-order valence-corrected chi connectivity index (χ3v) is 2.84. The largest absolute Gasteiger partial charge is 0.478 e. The highest BCUT2D eigenvalue weighted by Gasteiger charge is 2.14. The first-order valence-corrected chi connectivity index (χ1v) is 5.48. The van der Waals surface area contributed by atoms with E-state index in [0.717, 1.165) is 11.8 Å². The van der Waals surface area contributed by atoms with Gasteiger partial charge in [-0.15, -0.1) is 10.2 Å².